The summed E-state index contributed by atoms with van der Waals surface area (Å²) in [7, 11) is 0. The van der Waals surface area contributed by atoms with Crippen molar-refractivity contribution in [3.63, 3.8) is 0 Å². The Bertz CT molecular complexity index is 1800. The number of aromatic nitrogens is 4. The molecule has 26 nitrogen and oxygen atoms in total. The number of rotatable bonds is 43. The number of hydrogen-bond donors (Lipinski definition) is 7. The Kier molecular flexibility index (Phi) is 28.5. The number of aliphatic hydroxyl groups excluding tert-OH is 1. The maximum Gasteiger partial charge on any atom is 0.315 e. The van der Waals surface area contributed by atoms with E-state index in [0.29, 0.717) is 144 Å². The zero-order valence-electron chi connectivity index (χ0n) is 40.5. The highest BCUT2D eigenvalue weighted by atomic mass is 32.2. The third kappa shape index (κ3) is 21.8. The monoisotopic (exact) mass is 1030 g/mol. The van der Waals surface area contributed by atoms with Gasteiger partial charge in [0.05, 0.1) is 164 Å². The molecule has 0 spiro atoms. The Morgan fingerprint density at radius 1 is 0.718 bits per heavy atom. The molecular formula is C44H75N9O17S. The fourth-order valence-electron chi connectivity index (χ4n) is 7.48. The first-order valence-electron chi connectivity index (χ1n) is 24.3. The number of hydrogen-bond acceptors (Lipinski definition) is 22. The van der Waals surface area contributed by atoms with E-state index in [0.717, 1.165) is 25.0 Å². The molecule has 71 heavy (non-hydrogen) atoms. The Balaban J connectivity index is 0.657. The summed E-state index contributed by atoms with van der Waals surface area (Å²) in [6.45, 7) is 8.71. The second-order valence-corrected chi connectivity index (χ2v) is 17.7. The molecule has 0 bridgehead atoms. The maximum absolute atomic E-state index is 12.1. The van der Waals surface area contributed by atoms with Crippen molar-refractivity contribution in [2.75, 3.05) is 177 Å². The van der Waals surface area contributed by atoms with Gasteiger partial charge in [0.25, 0.3) is 0 Å². The van der Waals surface area contributed by atoms with E-state index in [-0.39, 0.29) is 79.9 Å². The van der Waals surface area contributed by atoms with Crippen LogP contribution in [0.1, 0.15) is 25.7 Å². The number of amides is 4. The zero-order chi connectivity index (χ0) is 50.2. The number of fused-ring (bicyclic) bond motifs is 2. The van der Waals surface area contributed by atoms with Crippen LogP contribution in [0.4, 0.5) is 10.6 Å². The van der Waals surface area contributed by atoms with Crippen LogP contribution in [0.3, 0.4) is 0 Å². The van der Waals surface area contributed by atoms with E-state index in [1.165, 1.54) is 17.2 Å². The van der Waals surface area contributed by atoms with Crippen molar-refractivity contribution < 1.29 is 81.4 Å². The lowest BCUT2D eigenvalue weighted by Gasteiger charge is -2.27. The SMILES string of the molecule is Nc1ncnc2c1ncn2[C@]1(O)COC(COCC(=O)NCCOCCOCCOCCOCCOCCOCCOCCOCCOCCOCCNC(=O)CCCC[C@@H]2SC[C@@H]3NC(=O)N[C@@H]32)[C@H]1O. The van der Waals surface area contributed by atoms with E-state index in [1.54, 1.807) is 0 Å². The van der Waals surface area contributed by atoms with Crippen LogP contribution in [-0.2, 0) is 72.2 Å². The average Bonchev–Trinajstić information content (AvgIpc) is 4.14. The van der Waals surface area contributed by atoms with Crippen molar-refractivity contribution >= 4 is 46.6 Å². The number of unbranched alkanes of at least 4 members (excludes halogenated alkanes) is 1. The van der Waals surface area contributed by atoms with E-state index in [4.69, 9.17) is 62.6 Å². The van der Waals surface area contributed by atoms with Crippen LogP contribution in [-0.4, -0.2) is 248 Å². The average molecular weight is 1030 g/mol. The first-order valence-corrected chi connectivity index (χ1v) is 25.3. The fraction of sp³-hybridized carbons (Fsp3) is 0.818. The van der Waals surface area contributed by atoms with Gasteiger partial charge in [-0.15, -0.1) is 0 Å². The van der Waals surface area contributed by atoms with Crippen LogP contribution < -0.4 is 27.0 Å². The standard InChI is InChI=1S/C44H75N9O17S/c45-41-39-42(49-31-48-41)53(32-50-39)44(58)30-70-34(40(44)56)27-69-28-37(55)47-6-8-60-10-12-62-14-16-64-18-20-66-22-24-68-26-25-67-23-21-65-19-17-63-15-13-61-11-9-59-7-5-46-36(54)4-2-1-3-35-38-33(29-71-35)51-43(57)52-38/h31-35,38,40,56,58H,1-30H2,(H,46,54)(H,47,55)(H2,45,48,49)(H2,51,52,57)/t33-,34?,35-,38-,40+,44-/m0/s1. The topological polar surface area (TPSA) is 320 Å². The summed E-state index contributed by atoms with van der Waals surface area (Å²) in [6, 6.07) is 0.377. The molecule has 2 aromatic rings. The molecule has 6 atom stereocenters. The van der Waals surface area contributed by atoms with Gasteiger partial charge in [-0.2, -0.15) is 11.8 Å². The van der Waals surface area contributed by atoms with Crippen LogP contribution >= 0.6 is 11.8 Å². The lowest BCUT2D eigenvalue weighted by molar-refractivity contribution is -0.129. The lowest BCUT2D eigenvalue weighted by Crippen LogP contribution is -2.47. The molecule has 2 aromatic heterocycles. The van der Waals surface area contributed by atoms with E-state index in [2.05, 4.69) is 36.2 Å². The molecule has 3 saturated heterocycles. The molecule has 27 heteroatoms. The molecule has 0 aliphatic carbocycles. The zero-order valence-corrected chi connectivity index (χ0v) is 41.4. The second kappa shape index (κ2) is 34.7. The number of ether oxygens (including phenoxy) is 12. The normalized spacial score (nSPS) is 21.7. The third-order valence-electron chi connectivity index (χ3n) is 11.2. The van der Waals surface area contributed by atoms with Gasteiger partial charge in [-0.25, -0.2) is 19.7 Å². The van der Waals surface area contributed by atoms with Crippen molar-refractivity contribution in [3.8, 4) is 0 Å². The molecule has 0 aromatic carbocycles. The van der Waals surface area contributed by atoms with Gasteiger partial charge in [0.2, 0.25) is 11.8 Å². The maximum atomic E-state index is 12.1. The van der Waals surface area contributed by atoms with Crippen molar-refractivity contribution in [1.29, 1.82) is 0 Å². The smallest absolute Gasteiger partial charge is 0.315 e. The fourth-order valence-corrected chi connectivity index (χ4v) is 9.02. The minimum absolute atomic E-state index is 0.0319. The van der Waals surface area contributed by atoms with Crippen LogP contribution in [0, 0.1) is 0 Å². The number of anilines is 1. The van der Waals surface area contributed by atoms with Crippen molar-refractivity contribution in [2.45, 2.75) is 60.9 Å². The van der Waals surface area contributed by atoms with Crippen molar-refractivity contribution in [1.82, 2.24) is 40.8 Å². The molecule has 1 unspecified atom stereocenters. The number of nitrogens with one attached hydrogen (secondary N) is 4. The van der Waals surface area contributed by atoms with Gasteiger partial charge in [-0.3, -0.25) is 14.2 Å². The summed E-state index contributed by atoms with van der Waals surface area (Å²) in [5, 5.41) is 33.9. The molecule has 5 rings (SSSR count). The van der Waals surface area contributed by atoms with E-state index < -0.39 is 17.9 Å². The van der Waals surface area contributed by atoms with Crippen LogP contribution in [0.2, 0.25) is 0 Å². The van der Waals surface area contributed by atoms with Gasteiger partial charge in [-0.05, 0) is 12.8 Å². The highest BCUT2D eigenvalue weighted by Gasteiger charge is 2.50. The van der Waals surface area contributed by atoms with Gasteiger partial charge < -0.3 is 94.1 Å². The van der Waals surface area contributed by atoms with E-state index in [9.17, 15) is 24.6 Å². The van der Waals surface area contributed by atoms with Crippen LogP contribution in [0.25, 0.3) is 11.2 Å². The summed E-state index contributed by atoms with van der Waals surface area (Å²) in [5.41, 5.74) is 4.50. The first-order chi connectivity index (χ1) is 34.8. The predicted octanol–water partition coefficient (Wildman–Crippen LogP) is -2.05. The van der Waals surface area contributed by atoms with Gasteiger partial charge in [-0.1, -0.05) is 6.42 Å². The molecule has 0 saturated carbocycles. The highest BCUT2D eigenvalue weighted by Crippen LogP contribution is 2.34. The number of nitrogens with zero attached hydrogens (tertiary/aromatic N) is 4. The van der Waals surface area contributed by atoms with E-state index >= 15 is 0 Å². The highest BCUT2D eigenvalue weighted by molar-refractivity contribution is 8.00. The summed E-state index contributed by atoms with van der Waals surface area (Å²) >= 11 is 1.89. The lowest BCUT2D eigenvalue weighted by atomic mass is 10.0. The number of imidazole rings is 1. The molecule has 3 fully saturated rings. The molecular weight excluding hydrogens is 959 g/mol. The van der Waals surface area contributed by atoms with Gasteiger partial charge >= 0.3 is 6.03 Å². The summed E-state index contributed by atoms with van der Waals surface area (Å²) in [5.74, 6) is 0.752. The minimum Gasteiger partial charge on any atom is -0.385 e. The van der Waals surface area contributed by atoms with Crippen LogP contribution in [0.5, 0.6) is 0 Å². The number of carbonyl (C=O) groups is 3. The second-order valence-electron chi connectivity index (χ2n) is 16.4. The van der Waals surface area contributed by atoms with Gasteiger partial charge in [0, 0.05) is 30.5 Å². The van der Waals surface area contributed by atoms with Gasteiger partial charge in [0.15, 0.2) is 17.2 Å². The Morgan fingerprint density at radius 3 is 1.76 bits per heavy atom. The van der Waals surface area contributed by atoms with E-state index in [1.807, 2.05) is 11.8 Å². The quantitative estimate of drug-likeness (QED) is 0.0278. The molecule has 5 heterocycles. The molecule has 8 N–H and O–H groups in total. The molecule has 0 radical (unpaired) electrons. The molecule has 3 aliphatic rings. The van der Waals surface area contributed by atoms with Crippen molar-refractivity contribution in [2.24, 2.45) is 0 Å². The summed E-state index contributed by atoms with van der Waals surface area (Å²) < 4.78 is 67.3. The first kappa shape index (κ1) is 58.2. The number of urea groups is 1. The molecule has 404 valence electrons. The molecule has 3 aliphatic heterocycles. The third-order valence-corrected chi connectivity index (χ3v) is 12.7. The van der Waals surface area contributed by atoms with Crippen LogP contribution in [0.15, 0.2) is 12.7 Å². The number of nitrogen functional groups attached to an aromatic ring is 1. The van der Waals surface area contributed by atoms with Gasteiger partial charge in [0.1, 0.15) is 30.7 Å². The predicted molar refractivity (Wildman–Crippen MR) is 255 cm³/mol. The largest absolute Gasteiger partial charge is 0.385 e. The van der Waals surface area contributed by atoms with Crippen molar-refractivity contribution in [3.05, 3.63) is 12.7 Å². The number of nitrogens with two attached hydrogens (primary N) is 1. The Hall–Kier alpha value is -3.65. The summed E-state index contributed by atoms with van der Waals surface area (Å²) in [4.78, 5) is 47.8. The minimum atomic E-state index is -1.86. The Morgan fingerprint density at radius 2 is 1.23 bits per heavy atom. The number of aliphatic hydroxyl groups is 2. The molecule has 4 amide bonds. The Labute approximate surface area is 418 Å². The summed E-state index contributed by atoms with van der Waals surface area (Å²) in [6.07, 6.45) is 3.55. The number of carbonyl (C=O) groups excluding carboxylic acids is 3. The number of thioether (sulfide) groups is 1.